The SMILES string of the molecule is CNC(=O)c1cnn(C)c1C. The first-order chi connectivity index (χ1) is 5.16. The van der Waals surface area contributed by atoms with Gasteiger partial charge in [0.05, 0.1) is 11.8 Å². The van der Waals surface area contributed by atoms with Crippen LogP contribution in [0.25, 0.3) is 0 Å². The first-order valence-electron chi connectivity index (χ1n) is 3.37. The van der Waals surface area contributed by atoms with Crippen LogP contribution in [0.1, 0.15) is 16.1 Å². The van der Waals surface area contributed by atoms with Crippen LogP contribution >= 0.6 is 0 Å². The maximum atomic E-state index is 11.1. The molecule has 0 spiro atoms. The number of rotatable bonds is 1. The molecule has 0 aliphatic heterocycles. The molecule has 0 fully saturated rings. The highest BCUT2D eigenvalue weighted by molar-refractivity contribution is 5.94. The Hall–Kier alpha value is -1.32. The number of hydrogen-bond acceptors (Lipinski definition) is 2. The van der Waals surface area contributed by atoms with Gasteiger partial charge >= 0.3 is 0 Å². The van der Waals surface area contributed by atoms with Crippen LogP contribution < -0.4 is 5.32 Å². The molecule has 1 amide bonds. The van der Waals surface area contributed by atoms with Crippen LogP contribution in [-0.2, 0) is 7.05 Å². The average Bonchev–Trinajstić information content (AvgIpc) is 2.32. The number of aryl methyl sites for hydroxylation is 1. The Labute approximate surface area is 65.2 Å². The molecule has 0 aliphatic rings. The van der Waals surface area contributed by atoms with Crippen molar-refractivity contribution in [3.63, 3.8) is 0 Å². The molecule has 1 heterocycles. The fourth-order valence-corrected chi connectivity index (χ4v) is 0.856. The van der Waals surface area contributed by atoms with Gasteiger partial charge in [-0.05, 0) is 6.92 Å². The maximum Gasteiger partial charge on any atom is 0.254 e. The topological polar surface area (TPSA) is 46.9 Å². The lowest BCUT2D eigenvalue weighted by Crippen LogP contribution is -2.18. The van der Waals surface area contributed by atoms with Gasteiger partial charge in [0.25, 0.3) is 5.91 Å². The van der Waals surface area contributed by atoms with Gasteiger partial charge in [0.1, 0.15) is 0 Å². The highest BCUT2D eigenvalue weighted by Crippen LogP contribution is 2.03. The summed E-state index contributed by atoms with van der Waals surface area (Å²) in [6.07, 6.45) is 1.56. The van der Waals surface area contributed by atoms with E-state index in [0.29, 0.717) is 5.56 Å². The fraction of sp³-hybridized carbons (Fsp3) is 0.429. The third-order valence-electron chi connectivity index (χ3n) is 1.71. The number of aromatic nitrogens is 2. The summed E-state index contributed by atoms with van der Waals surface area (Å²) in [6.45, 7) is 1.86. The predicted molar refractivity (Wildman–Crippen MR) is 41.3 cm³/mol. The summed E-state index contributed by atoms with van der Waals surface area (Å²) in [5, 5.41) is 6.48. The Balaban J connectivity index is 3.04. The van der Waals surface area contributed by atoms with Crippen LogP contribution in [0.2, 0.25) is 0 Å². The monoisotopic (exact) mass is 153 g/mol. The molecule has 0 saturated heterocycles. The molecular formula is C7H11N3O. The van der Waals surface area contributed by atoms with E-state index in [9.17, 15) is 4.79 Å². The molecule has 1 N–H and O–H groups in total. The van der Waals surface area contributed by atoms with Gasteiger partial charge in [0, 0.05) is 19.8 Å². The number of carbonyl (C=O) groups excluding carboxylic acids is 1. The van der Waals surface area contributed by atoms with E-state index in [-0.39, 0.29) is 5.91 Å². The summed E-state index contributed by atoms with van der Waals surface area (Å²) in [5.74, 6) is -0.0874. The second-order valence-electron chi connectivity index (χ2n) is 2.35. The Kier molecular flexibility index (Phi) is 1.94. The molecule has 1 rings (SSSR count). The Bertz CT molecular complexity index is 277. The van der Waals surface area contributed by atoms with Crippen molar-refractivity contribution in [3.8, 4) is 0 Å². The largest absolute Gasteiger partial charge is 0.355 e. The quantitative estimate of drug-likeness (QED) is 0.621. The summed E-state index contributed by atoms with van der Waals surface area (Å²) in [7, 11) is 3.41. The molecule has 0 saturated carbocycles. The van der Waals surface area contributed by atoms with E-state index in [1.165, 1.54) is 0 Å². The van der Waals surface area contributed by atoms with Crippen LogP contribution in [0.3, 0.4) is 0 Å². The van der Waals surface area contributed by atoms with E-state index in [0.717, 1.165) is 5.69 Å². The Morgan fingerprint density at radius 1 is 1.73 bits per heavy atom. The minimum atomic E-state index is -0.0874. The third kappa shape index (κ3) is 1.24. The van der Waals surface area contributed by atoms with E-state index in [2.05, 4.69) is 10.4 Å². The van der Waals surface area contributed by atoms with Crippen molar-refractivity contribution < 1.29 is 4.79 Å². The second kappa shape index (κ2) is 2.74. The van der Waals surface area contributed by atoms with Gasteiger partial charge in [-0.2, -0.15) is 5.10 Å². The molecule has 0 aliphatic carbocycles. The summed E-state index contributed by atoms with van der Waals surface area (Å²) in [5.41, 5.74) is 1.51. The van der Waals surface area contributed by atoms with Gasteiger partial charge in [-0.3, -0.25) is 9.48 Å². The molecule has 4 heteroatoms. The number of carbonyl (C=O) groups is 1. The zero-order valence-electron chi connectivity index (χ0n) is 6.88. The lowest BCUT2D eigenvalue weighted by atomic mass is 10.2. The highest BCUT2D eigenvalue weighted by Gasteiger charge is 2.09. The van der Waals surface area contributed by atoms with Gasteiger partial charge in [-0.25, -0.2) is 0 Å². The van der Waals surface area contributed by atoms with E-state index < -0.39 is 0 Å². The molecule has 0 unspecified atom stereocenters. The standard InChI is InChI=1S/C7H11N3O/c1-5-6(7(11)8-2)4-9-10(5)3/h4H,1-3H3,(H,8,11). The van der Waals surface area contributed by atoms with Crippen molar-refractivity contribution >= 4 is 5.91 Å². The van der Waals surface area contributed by atoms with Gasteiger partial charge in [-0.15, -0.1) is 0 Å². The normalized spacial score (nSPS) is 9.73. The predicted octanol–water partition coefficient (Wildman–Crippen LogP) is 0.0881. The summed E-state index contributed by atoms with van der Waals surface area (Å²) in [6, 6.07) is 0. The molecule has 0 aromatic carbocycles. The first kappa shape index (κ1) is 7.78. The highest BCUT2D eigenvalue weighted by atomic mass is 16.1. The van der Waals surface area contributed by atoms with Gasteiger partial charge < -0.3 is 5.32 Å². The molecule has 0 radical (unpaired) electrons. The van der Waals surface area contributed by atoms with Gasteiger partial charge in [-0.1, -0.05) is 0 Å². The van der Waals surface area contributed by atoms with E-state index in [1.54, 1.807) is 17.9 Å². The third-order valence-corrected chi connectivity index (χ3v) is 1.71. The number of amides is 1. The Morgan fingerprint density at radius 3 is 2.73 bits per heavy atom. The smallest absolute Gasteiger partial charge is 0.254 e. The Morgan fingerprint density at radius 2 is 2.36 bits per heavy atom. The minimum absolute atomic E-state index is 0.0874. The molecule has 60 valence electrons. The summed E-state index contributed by atoms with van der Waals surface area (Å²) in [4.78, 5) is 11.1. The molecular weight excluding hydrogens is 142 g/mol. The molecule has 1 aromatic rings. The van der Waals surface area contributed by atoms with Crippen molar-refractivity contribution in [3.05, 3.63) is 17.5 Å². The van der Waals surface area contributed by atoms with Crippen LogP contribution in [0.5, 0.6) is 0 Å². The minimum Gasteiger partial charge on any atom is -0.355 e. The number of hydrogen-bond donors (Lipinski definition) is 1. The van der Waals surface area contributed by atoms with Crippen LogP contribution in [0.15, 0.2) is 6.20 Å². The van der Waals surface area contributed by atoms with Crippen LogP contribution in [-0.4, -0.2) is 22.7 Å². The van der Waals surface area contributed by atoms with Crippen molar-refractivity contribution in [2.24, 2.45) is 7.05 Å². The number of nitrogens with zero attached hydrogens (tertiary/aromatic N) is 2. The zero-order valence-corrected chi connectivity index (χ0v) is 6.88. The molecule has 0 bridgehead atoms. The lowest BCUT2D eigenvalue weighted by molar-refractivity contribution is 0.0962. The van der Waals surface area contributed by atoms with E-state index in [4.69, 9.17) is 0 Å². The zero-order chi connectivity index (χ0) is 8.43. The fourth-order valence-electron chi connectivity index (χ4n) is 0.856. The van der Waals surface area contributed by atoms with Gasteiger partial charge in [0.15, 0.2) is 0 Å². The lowest BCUT2D eigenvalue weighted by Gasteiger charge is -1.97. The first-order valence-corrected chi connectivity index (χ1v) is 3.37. The van der Waals surface area contributed by atoms with Crippen LogP contribution in [0, 0.1) is 6.92 Å². The molecule has 11 heavy (non-hydrogen) atoms. The van der Waals surface area contributed by atoms with Gasteiger partial charge in [0.2, 0.25) is 0 Å². The van der Waals surface area contributed by atoms with E-state index >= 15 is 0 Å². The van der Waals surface area contributed by atoms with Crippen molar-refractivity contribution in [2.75, 3.05) is 7.05 Å². The van der Waals surface area contributed by atoms with Crippen molar-refractivity contribution in [2.45, 2.75) is 6.92 Å². The molecule has 4 nitrogen and oxygen atoms in total. The molecule has 1 aromatic heterocycles. The summed E-state index contributed by atoms with van der Waals surface area (Å²) >= 11 is 0. The molecule has 0 atom stereocenters. The van der Waals surface area contributed by atoms with E-state index in [1.807, 2.05) is 14.0 Å². The van der Waals surface area contributed by atoms with Crippen molar-refractivity contribution in [1.29, 1.82) is 0 Å². The summed E-state index contributed by atoms with van der Waals surface area (Å²) < 4.78 is 1.67. The van der Waals surface area contributed by atoms with Crippen LogP contribution in [0.4, 0.5) is 0 Å². The number of nitrogens with one attached hydrogen (secondary N) is 1. The second-order valence-corrected chi connectivity index (χ2v) is 2.35. The maximum absolute atomic E-state index is 11.1. The van der Waals surface area contributed by atoms with Crippen molar-refractivity contribution in [1.82, 2.24) is 15.1 Å². The average molecular weight is 153 g/mol.